The lowest BCUT2D eigenvalue weighted by atomic mass is 9.92. The van der Waals surface area contributed by atoms with Crippen molar-refractivity contribution in [2.24, 2.45) is 11.8 Å². The molecule has 1 aliphatic rings. The topological polar surface area (TPSA) is 80.1 Å². The van der Waals surface area contributed by atoms with Crippen LogP contribution in [0.3, 0.4) is 0 Å². The monoisotopic (exact) mass is 411 g/mol. The van der Waals surface area contributed by atoms with Gasteiger partial charge in [-0.2, -0.15) is 5.10 Å². The van der Waals surface area contributed by atoms with Crippen LogP contribution in [0, 0.1) is 11.8 Å². The number of hydrogen-bond acceptors (Lipinski definition) is 6. The van der Waals surface area contributed by atoms with E-state index < -0.39 is 0 Å². The Balaban J connectivity index is 1.38. The van der Waals surface area contributed by atoms with Crippen LogP contribution in [-0.2, 0) is 17.9 Å². The standard InChI is InChI=1S/C21H25N5O2S/c1-14-7-15(2)10-25(9-14)11-17-13-29-21(23-17)24-19(27)12-26-20(28)18-6-4-3-5-16(18)8-22-26/h3-6,8,13-15H,7,9-12H2,1-2H3,(H,23,24,27). The van der Waals surface area contributed by atoms with E-state index in [1.54, 1.807) is 18.3 Å². The van der Waals surface area contributed by atoms with Gasteiger partial charge in [0.25, 0.3) is 5.56 Å². The molecule has 2 atom stereocenters. The molecular formula is C21H25N5O2S. The first-order chi connectivity index (χ1) is 14.0. The summed E-state index contributed by atoms with van der Waals surface area (Å²) in [5.41, 5.74) is 0.694. The van der Waals surface area contributed by atoms with Crippen molar-refractivity contribution in [1.82, 2.24) is 19.7 Å². The molecule has 152 valence electrons. The first-order valence-electron chi connectivity index (χ1n) is 9.89. The van der Waals surface area contributed by atoms with Gasteiger partial charge in [-0.3, -0.25) is 14.5 Å². The maximum atomic E-state index is 12.5. The number of benzene rings is 1. The molecule has 0 bridgehead atoms. The largest absolute Gasteiger partial charge is 0.300 e. The maximum Gasteiger partial charge on any atom is 0.275 e. The molecule has 29 heavy (non-hydrogen) atoms. The minimum absolute atomic E-state index is 0.139. The number of likely N-dealkylation sites (tertiary alicyclic amines) is 1. The van der Waals surface area contributed by atoms with Crippen molar-refractivity contribution < 1.29 is 4.79 Å². The molecule has 1 fully saturated rings. The zero-order chi connectivity index (χ0) is 20.4. The van der Waals surface area contributed by atoms with E-state index in [1.807, 2.05) is 17.5 Å². The van der Waals surface area contributed by atoms with Crippen LogP contribution in [-0.4, -0.2) is 38.7 Å². The third-order valence-electron chi connectivity index (χ3n) is 5.18. The van der Waals surface area contributed by atoms with Crippen LogP contribution in [0.15, 0.2) is 40.6 Å². The number of anilines is 1. The summed E-state index contributed by atoms with van der Waals surface area (Å²) >= 11 is 1.41. The molecule has 1 aromatic carbocycles. The van der Waals surface area contributed by atoms with Gasteiger partial charge in [-0.1, -0.05) is 32.0 Å². The summed E-state index contributed by atoms with van der Waals surface area (Å²) in [4.78, 5) is 31.9. The number of piperidine rings is 1. The second-order valence-corrected chi connectivity index (χ2v) is 8.89. The number of thiazole rings is 1. The summed E-state index contributed by atoms with van der Waals surface area (Å²) in [5.74, 6) is 1.09. The summed E-state index contributed by atoms with van der Waals surface area (Å²) < 4.78 is 1.18. The highest BCUT2D eigenvalue weighted by molar-refractivity contribution is 7.13. The van der Waals surface area contributed by atoms with E-state index >= 15 is 0 Å². The average Bonchev–Trinajstić information content (AvgIpc) is 3.10. The summed E-state index contributed by atoms with van der Waals surface area (Å²) in [6, 6.07) is 7.22. The summed E-state index contributed by atoms with van der Waals surface area (Å²) in [7, 11) is 0. The Hall–Kier alpha value is -2.58. The fourth-order valence-corrected chi connectivity index (χ4v) is 4.84. The number of hydrogen-bond donors (Lipinski definition) is 1. The van der Waals surface area contributed by atoms with Crippen LogP contribution in [0.1, 0.15) is 26.0 Å². The molecule has 2 unspecified atom stereocenters. The van der Waals surface area contributed by atoms with Crippen LogP contribution in [0.2, 0.25) is 0 Å². The fraction of sp³-hybridized carbons (Fsp3) is 0.429. The Labute approximate surface area is 173 Å². The van der Waals surface area contributed by atoms with Gasteiger partial charge in [-0.25, -0.2) is 9.67 Å². The van der Waals surface area contributed by atoms with Crippen molar-refractivity contribution in [3.63, 3.8) is 0 Å². The lowest BCUT2D eigenvalue weighted by Gasteiger charge is -2.34. The molecule has 0 aliphatic carbocycles. The molecule has 7 nitrogen and oxygen atoms in total. The number of fused-ring (bicyclic) bond motifs is 1. The number of carbonyl (C=O) groups is 1. The van der Waals surface area contributed by atoms with E-state index in [1.165, 1.54) is 22.4 Å². The molecule has 3 aromatic rings. The van der Waals surface area contributed by atoms with Crippen molar-refractivity contribution >= 4 is 33.1 Å². The molecule has 4 rings (SSSR count). The van der Waals surface area contributed by atoms with Gasteiger partial charge in [0.1, 0.15) is 6.54 Å². The van der Waals surface area contributed by atoms with E-state index in [0.29, 0.717) is 22.4 Å². The van der Waals surface area contributed by atoms with Crippen molar-refractivity contribution in [3.05, 3.63) is 51.9 Å². The highest BCUT2D eigenvalue weighted by Gasteiger charge is 2.22. The third-order valence-corrected chi connectivity index (χ3v) is 5.99. The molecule has 1 aliphatic heterocycles. The summed E-state index contributed by atoms with van der Waals surface area (Å²) in [6.45, 7) is 7.41. The minimum atomic E-state index is -0.309. The first kappa shape index (κ1) is 19.7. The molecule has 8 heteroatoms. The van der Waals surface area contributed by atoms with Gasteiger partial charge in [0, 0.05) is 30.4 Å². The lowest BCUT2D eigenvalue weighted by molar-refractivity contribution is -0.117. The van der Waals surface area contributed by atoms with Gasteiger partial charge in [-0.15, -0.1) is 11.3 Å². The lowest BCUT2D eigenvalue weighted by Crippen LogP contribution is -2.38. The number of rotatable bonds is 5. The third kappa shape index (κ3) is 4.71. The van der Waals surface area contributed by atoms with Crippen molar-refractivity contribution in [2.45, 2.75) is 33.4 Å². The zero-order valence-electron chi connectivity index (χ0n) is 16.7. The second-order valence-electron chi connectivity index (χ2n) is 8.03. The van der Waals surface area contributed by atoms with Gasteiger partial charge < -0.3 is 5.32 Å². The number of carbonyl (C=O) groups excluding carboxylic acids is 1. The summed E-state index contributed by atoms with van der Waals surface area (Å²) in [6.07, 6.45) is 2.88. The van der Waals surface area contributed by atoms with Crippen molar-refractivity contribution in [3.8, 4) is 0 Å². The van der Waals surface area contributed by atoms with Crippen molar-refractivity contribution in [1.29, 1.82) is 0 Å². The molecule has 1 amide bonds. The Bertz CT molecular complexity index is 1070. The quantitative estimate of drug-likeness (QED) is 0.698. The smallest absolute Gasteiger partial charge is 0.275 e. The van der Waals surface area contributed by atoms with Crippen LogP contribution >= 0.6 is 11.3 Å². The van der Waals surface area contributed by atoms with E-state index in [-0.39, 0.29) is 18.0 Å². The van der Waals surface area contributed by atoms with Gasteiger partial charge in [-0.05, 0) is 24.3 Å². The van der Waals surface area contributed by atoms with Gasteiger partial charge in [0.15, 0.2) is 5.13 Å². The molecule has 2 aromatic heterocycles. The van der Waals surface area contributed by atoms with Gasteiger partial charge >= 0.3 is 0 Å². The number of aromatic nitrogens is 3. The van der Waals surface area contributed by atoms with E-state index in [4.69, 9.17) is 0 Å². The molecule has 1 N–H and O–H groups in total. The fourth-order valence-electron chi connectivity index (χ4n) is 4.12. The molecule has 3 heterocycles. The van der Waals surface area contributed by atoms with E-state index in [2.05, 4.69) is 34.1 Å². The number of nitrogens with zero attached hydrogens (tertiary/aromatic N) is 4. The SMILES string of the molecule is CC1CC(C)CN(Cc2csc(NC(=O)Cn3ncc4ccccc4c3=O)n2)C1. The maximum absolute atomic E-state index is 12.5. The Kier molecular flexibility index (Phi) is 5.73. The molecule has 1 saturated heterocycles. The molecule has 0 saturated carbocycles. The highest BCUT2D eigenvalue weighted by Crippen LogP contribution is 2.24. The number of amides is 1. The Morgan fingerprint density at radius 2 is 2.00 bits per heavy atom. The van der Waals surface area contributed by atoms with E-state index in [9.17, 15) is 9.59 Å². The summed E-state index contributed by atoms with van der Waals surface area (Å²) in [5, 5.41) is 10.8. The first-order valence-corrected chi connectivity index (χ1v) is 10.8. The Morgan fingerprint density at radius 3 is 2.79 bits per heavy atom. The second kappa shape index (κ2) is 8.42. The zero-order valence-corrected chi connectivity index (χ0v) is 17.5. The Morgan fingerprint density at radius 1 is 1.24 bits per heavy atom. The predicted octanol–water partition coefficient (Wildman–Crippen LogP) is 2.97. The predicted molar refractivity (Wildman–Crippen MR) is 115 cm³/mol. The number of nitrogens with one attached hydrogen (secondary N) is 1. The highest BCUT2D eigenvalue weighted by atomic mass is 32.1. The van der Waals surface area contributed by atoms with E-state index in [0.717, 1.165) is 30.7 Å². The van der Waals surface area contributed by atoms with Crippen LogP contribution in [0.25, 0.3) is 10.8 Å². The van der Waals surface area contributed by atoms with Crippen LogP contribution in [0.5, 0.6) is 0 Å². The molecule has 0 radical (unpaired) electrons. The minimum Gasteiger partial charge on any atom is -0.300 e. The normalized spacial score (nSPS) is 20.1. The van der Waals surface area contributed by atoms with Gasteiger partial charge in [0.2, 0.25) is 5.91 Å². The average molecular weight is 412 g/mol. The molecular weight excluding hydrogens is 386 g/mol. The van der Waals surface area contributed by atoms with Crippen LogP contribution in [0.4, 0.5) is 5.13 Å². The van der Waals surface area contributed by atoms with Crippen LogP contribution < -0.4 is 10.9 Å². The van der Waals surface area contributed by atoms with Crippen molar-refractivity contribution in [2.75, 3.05) is 18.4 Å². The van der Waals surface area contributed by atoms with Gasteiger partial charge in [0.05, 0.1) is 17.3 Å². The molecule has 0 spiro atoms.